The molecule has 5 heteroatoms. The maximum absolute atomic E-state index is 12.4. The summed E-state index contributed by atoms with van der Waals surface area (Å²) < 4.78 is 5.39. The minimum Gasteiger partial charge on any atom is -0.444 e. The number of ether oxygens (including phenoxy) is 1. The molecule has 0 aromatic carbocycles. The Labute approximate surface area is 128 Å². The first kappa shape index (κ1) is 17.8. The molecule has 1 rings (SSSR count). The summed E-state index contributed by atoms with van der Waals surface area (Å²) in [6, 6.07) is 0.143. The van der Waals surface area contributed by atoms with E-state index >= 15 is 0 Å². The molecule has 0 aromatic heterocycles. The standard InChI is InChI=1S/C16H30N2O3/c1-7-16(13(19)17-12(2)3)8-10-18(11-9-16)14(20)21-15(4,5)6/h12H,7-11H2,1-6H3,(H,17,19). The predicted molar refractivity (Wildman–Crippen MR) is 83.0 cm³/mol. The number of hydrogen-bond acceptors (Lipinski definition) is 3. The Bertz CT molecular complexity index is 377. The van der Waals surface area contributed by atoms with E-state index in [4.69, 9.17) is 4.74 Å². The van der Waals surface area contributed by atoms with Gasteiger partial charge in [-0.3, -0.25) is 4.79 Å². The summed E-state index contributed by atoms with van der Waals surface area (Å²) in [4.78, 5) is 26.2. The van der Waals surface area contributed by atoms with Gasteiger partial charge in [0.25, 0.3) is 0 Å². The molecule has 2 amide bonds. The molecular formula is C16H30N2O3. The molecule has 1 aliphatic heterocycles. The lowest BCUT2D eigenvalue weighted by Crippen LogP contribution is -2.51. The van der Waals surface area contributed by atoms with Crippen LogP contribution in [0.4, 0.5) is 4.79 Å². The van der Waals surface area contributed by atoms with E-state index in [9.17, 15) is 9.59 Å². The second-order valence-corrected chi connectivity index (χ2v) is 7.23. The lowest BCUT2D eigenvalue weighted by atomic mass is 9.75. The second-order valence-electron chi connectivity index (χ2n) is 7.23. The van der Waals surface area contributed by atoms with E-state index in [2.05, 4.69) is 5.32 Å². The van der Waals surface area contributed by atoms with Gasteiger partial charge in [-0.05, 0) is 53.9 Å². The third-order valence-electron chi connectivity index (χ3n) is 3.95. The van der Waals surface area contributed by atoms with E-state index < -0.39 is 5.60 Å². The molecule has 0 saturated carbocycles. The van der Waals surface area contributed by atoms with Gasteiger partial charge >= 0.3 is 6.09 Å². The van der Waals surface area contributed by atoms with Crippen molar-refractivity contribution in [2.75, 3.05) is 13.1 Å². The van der Waals surface area contributed by atoms with E-state index in [1.807, 2.05) is 41.5 Å². The van der Waals surface area contributed by atoms with Crippen LogP contribution in [0.25, 0.3) is 0 Å². The Morgan fingerprint density at radius 2 is 1.76 bits per heavy atom. The van der Waals surface area contributed by atoms with E-state index in [0.29, 0.717) is 25.9 Å². The molecule has 122 valence electrons. The summed E-state index contributed by atoms with van der Waals surface area (Å²) >= 11 is 0. The van der Waals surface area contributed by atoms with Gasteiger partial charge in [0, 0.05) is 19.1 Å². The topological polar surface area (TPSA) is 58.6 Å². The summed E-state index contributed by atoms with van der Waals surface area (Å²) in [5, 5.41) is 3.01. The van der Waals surface area contributed by atoms with Crippen LogP contribution in [0.2, 0.25) is 0 Å². The highest BCUT2D eigenvalue weighted by Crippen LogP contribution is 2.35. The Morgan fingerprint density at radius 3 is 2.14 bits per heavy atom. The number of carbonyl (C=O) groups is 2. The number of piperidine rings is 1. The van der Waals surface area contributed by atoms with E-state index in [-0.39, 0.29) is 23.5 Å². The largest absolute Gasteiger partial charge is 0.444 e. The Balaban J connectivity index is 2.64. The van der Waals surface area contributed by atoms with E-state index in [1.54, 1.807) is 4.90 Å². The Kier molecular flexibility index (Phi) is 5.65. The van der Waals surface area contributed by atoms with Crippen LogP contribution in [0.15, 0.2) is 0 Å². The molecule has 0 aliphatic carbocycles. The molecular weight excluding hydrogens is 268 g/mol. The summed E-state index contributed by atoms with van der Waals surface area (Å²) in [6.45, 7) is 12.7. The normalized spacial score (nSPS) is 18.5. The van der Waals surface area contributed by atoms with E-state index in [0.717, 1.165) is 6.42 Å². The van der Waals surface area contributed by atoms with Gasteiger partial charge in [-0.25, -0.2) is 4.79 Å². The molecule has 1 N–H and O–H groups in total. The highest BCUT2D eigenvalue weighted by molar-refractivity contribution is 5.83. The molecule has 0 radical (unpaired) electrons. The molecule has 0 bridgehead atoms. The highest BCUT2D eigenvalue weighted by Gasteiger charge is 2.41. The van der Waals surface area contributed by atoms with Crippen LogP contribution in [0.3, 0.4) is 0 Å². The fourth-order valence-electron chi connectivity index (χ4n) is 2.60. The van der Waals surface area contributed by atoms with Crippen molar-refractivity contribution in [1.29, 1.82) is 0 Å². The molecule has 1 aliphatic rings. The van der Waals surface area contributed by atoms with Crippen LogP contribution in [0, 0.1) is 5.41 Å². The van der Waals surface area contributed by atoms with Crippen LogP contribution >= 0.6 is 0 Å². The smallest absolute Gasteiger partial charge is 0.410 e. The van der Waals surface area contributed by atoms with Crippen molar-refractivity contribution < 1.29 is 14.3 Å². The first-order valence-electron chi connectivity index (χ1n) is 7.88. The van der Waals surface area contributed by atoms with Crippen molar-refractivity contribution >= 4 is 12.0 Å². The van der Waals surface area contributed by atoms with Gasteiger partial charge in [0.15, 0.2) is 0 Å². The zero-order valence-corrected chi connectivity index (χ0v) is 14.3. The molecule has 0 unspecified atom stereocenters. The van der Waals surface area contributed by atoms with Gasteiger partial charge in [-0.1, -0.05) is 6.92 Å². The molecule has 0 aromatic rings. The predicted octanol–water partition coefficient (Wildman–Crippen LogP) is 2.94. The third kappa shape index (κ3) is 4.90. The first-order chi connectivity index (χ1) is 9.59. The fourth-order valence-corrected chi connectivity index (χ4v) is 2.60. The zero-order valence-electron chi connectivity index (χ0n) is 14.3. The molecule has 1 fully saturated rings. The van der Waals surface area contributed by atoms with Crippen LogP contribution in [0.1, 0.15) is 60.8 Å². The fraction of sp³-hybridized carbons (Fsp3) is 0.875. The number of nitrogens with one attached hydrogen (secondary N) is 1. The molecule has 0 spiro atoms. The number of amides is 2. The van der Waals surface area contributed by atoms with Gasteiger partial charge in [-0.2, -0.15) is 0 Å². The average Bonchev–Trinajstić information content (AvgIpc) is 2.36. The molecule has 1 saturated heterocycles. The summed E-state index contributed by atoms with van der Waals surface area (Å²) in [7, 11) is 0. The summed E-state index contributed by atoms with van der Waals surface area (Å²) in [5.41, 5.74) is -0.825. The maximum Gasteiger partial charge on any atom is 0.410 e. The van der Waals surface area contributed by atoms with Gasteiger partial charge in [0.05, 0.1) is 5.41 Å². The molecule has 0 atom stereocenters. The van der Waals surface area contributed by atoms with Gasteiger partial charge in [-0.15, -0.1) is 0 Å². The highest BCUT2D eigenvalue weighted by atomic mass is 16.6. The lowest BCUT2D eigenvalue weighted by Gasteiger charge is -2.40. The van der Waals surface area contributed by atoms with Crippen LogP contribution in [0.5, 0.6) is 0 Å². The first-order valence-corrected chi connectivity index (χ1v) is 7.88. The van der Waals surface area contributed by atoms with E-state index in [1.165, 1.54) is 0 Å². The van der Waals surface area contributed by atoms with Crippen molar-refractivity contribution in [3.63, 3.8) is 0 Å². The van der Waals surface area contributed by atoms with Crippen LogP contribution in [-0.2, 0) is 9.53 Å². The van der Waals surface area contributed by atoms with Crippen molar-refractivity contribution in [3.05, 3.63) is 0 Å². The number of rotatable bonds is 3. The Hall–Kier alpha value is -1.26. The summed E-state index contributed by atoms with van der Waals surface area (Å²) in [5.74, 6) is 0.115. The second kappa shape index (κ2) is 6.67. The number of hydrogen-bond donors (Lipinski definition) is 1. The molecule has 1 heterocycles. The quantitative estimate of drug-likeness (QED) is 0.871. The van der Waals surface area contributed by atoms with Gasteiger partial charge in [0.2, 0.25) is 5.91 Å². The van der Waals surface area contributed by atoms with Crippen LogP contribution in [-0.4, -0.2) is 41.6 Å². The number of likely N-dealkylation sites (tertiary alicyclic amines) is 1. The minimum absolute atomic E-state index is 0.115. The number of nitrogens with zero attached hydrogens (tertiary/aromatic N) is 1. The van der Waals surface area contributed by atoms with Crippen LogP contribution < -0.4 is 5.32 Å². The maximum atomic E-state index is 12.4. The van der Waals surface area contributed by atoms with Crippen molar-refractivity contribution in [2.45, 2.75) is 72.4 Å². The van der Waals surface area contributed by atoms with Crippen molar-refractivity contribution in [1.82, 2.24) is 10.2 Å². The van der Waals surface area contributed by atoms with Gasteiger partial charge in [0.1, 0.15) is 5.60 Å². The number of carbonyl (C=O) groups excluding carboxylic acids is 2. The van der Waals surface area contributed by atoms with Crippen molar-refractivity contribution in [3.8, 4) is 0 Å². The minimum atomic E-state index is -0.481. The Morgan fingerprint density at radius 1 is 1.24 bits per heavy atom. The monoisotopic (exact) mass is 298 g/mol. The van der Waals surface area contributed by atoms with Crippen molar-refractivity contribution in [2.24, 2.45) is 5.41 Å². The molecule has 21 heavy (non-hydrogen) atoms. The average molecular weight is 298 g/mol. The lowest BCUT2D eigenvalue weighted by molar-refractivity contribution is -0.134. The third-order valence-corrected chi connectivity index (χ3v) is 3.95. The summed E-state index contributed by atoms with van der Waals surface area (Å²) in [6.07, 6.45) is 1.91. The zero-order chi connectivity index (χ0) is 16.3. The molecule has 5 nitrogen and oxygen atoms in total. The van der Waals surface area contributed by atoms with Gasteiger partial charge < -0.3 is 15.0 Å². The SMILES string of the molecule is CCC1(C(=O)NC(C)C)CCN(C(=O)OC(C)(C)C)CC1.